The first-order valence-corrected chi connectivity index (χ1v) is 9.53. The Balaban J connectivity index is 1.54. The van der Waals surface area contributed by atoms with Gasteiger partial charge in [0.05, 0.1) is 6.07 Å². The molecule has 4 rings (SSSR count). The van der Waals surface area contributed by atoms with Crippen molar-refractivity contribution in [1.82, 2.24) is 14.9 Å². The van der Waals surface area contributed by atoms with Gasteiger partial charge in [-0.25, -0.2) is 9.97 Å². The van der Waals surface area contributed by atoms with Crippen molar-refractivity contribution in [1.29, 1.82) is 5.26 Å². The van der Waals surface area contributed by atoms with Crippen molar-refractivity contribution in [3.63, 3.8) is 0 Å². The van der Waals surface area contributed by atoms with Gasteiger partial charge < -0.3 is 4.90 Å². The Bertz CT molecular complexity index is 811. The maximum Gasteiger partial charge on any atom is 0.135 e. The number of aromatic nitrogens is 2. The molecule has 1 atom stereocenters. The summed E-state index contributed by atoms with van der Waals surface area (Å²) in [5.74, 6) is 1.92. The fourth-order valence-corrected chi connectivity index (χ4v) is 4.10. The molecule has 1 saturated heterocycles. The van der Waals surface area contributed by atoms with Gasteiger partial charge in [0, 0.05) is 37.4 Å². The highest BCUT2D eigenvalue weighted by Crippen LogP contribution is 2.29. The van der Waals surface area contributed by atoms with Crippen molar-refractivity contribution < 1.29 is 0 Å². The van der Waals surface area contributed by atoms with E-state index in [4.69, 9.17) is 4.98 Å². The molecule has 0 bridgehead atoms. The number of fused-ring (bicyclic) bond motifs is 1. The van der Waals surface area contributed by atoms with Gasteiger partial charge in [-0.05, 0) is 38.2 Å². The van der Waals surface area contributed by atoms with Gasteiger partial charge in [-0.2, -0.15) is 5.26 Å². The number of hydrogen-bond acceptors (Lipinski definition) is 5. The van der Waals surface area contributed by atoms with Crippen molar-refractivity contribution in [2.75, 3.05) is 24.5 Å². The first kappa shape index (κ1) is 17.0. The van der Waals surface area contributed by atoms with E-state index in [1.165, 1.54) is 29.7 Å². The first-order chi connectivity index (χ1) is 12.7. The third-order valence-electron chi connectivity index (χ3n) is 5.44. The normalized spacial score (nSPS) is 20.5. The fourth-order valence-electron chi connectivity index (χ4n) is 4.10. The predicted octanol–water partition coefficient (Wildman–Crippen LogP) is 2.88. The summed E-state index contributed by atoms with van der Waals surface area (Å²) in [6.45, 7) is 5.31. The average molecular weight is 347 g/mol. The smallest absolute Gasteiger partial charge is 0.135 e. The molecule has 0 saturated carbocycles. The lowest BCUT2D eigenvalue weighted by Gasteiger charge is -2.40. The zero-order valence-electron chi connectivity index (χ0n) is 15.4. The molecule has 2 aromatic rings. The molecule has 0 radical (unpaired) electrons. The third-order valence-corrected chi connectivity index (χ3v) is 5.44. The van der Waals surface area contributed by atoms with Gasteiger partial charge >= 0.3 is 0 Å². The summed E-state index contributed by atoms with van der Waals surface area (Å²) in [4.78, 5) is 14.0. The first-order valence-electron chi connectivity index (χ1n) is 9.53. The molecule has 0 spiro atoms. The van der Waals surface area contributed by atoms with Crippen LogP contribution in [0, 0.1) is 18.3 Å². The molecule has 0 N–H and O–H groups in total. The van der Waals surface area contributed by atoms with E-state index in [1.54, 1.807) is 0 Å². The third kappa shape index (κ3) is 3.42. The maximum atomic E-state index is 9.75. The Hall–Kier alpha value is -2.45. The summed E-state index contributed by atoms with van der Waals surface area (Å²) >= 11 is 0. The largest absolute Gasteiger partial charge is 0.352 e. The minimum absolute atomic E-state index is 0.113. The van der Waals surface area contributed by atoms with Crippen molar-refractivity contribution >= 4 is 5.82 Å². The van der Waals surface area contributed by atoms with Gasteiger partial charge in [-0.1, -0.05) is 30.3 Å². The highest BCUT2D eigenvalue weighted by atomic mass is 15.3. The van der Waals surface area contributed by atoms with Gasteiger partial charge in [0.2, 0.25) is 0 Å². The SMILES string of the molecule is Cc1nc2c(c(N3CCN(Cc4ccccc4)C(C#N)C3)n1)CCCC2. The Morgan fingerprint density at radius 3 is 2.73 bits per heavy atom. The number of anilines is 1. The zero-order valence-corrected chi connectivity index (χ0v) is 15.4. The lowest BCUT2D eigenvalue weighted by molar-refractivity contribution is 0.204. The van der Waals surface area contributed by atoms with Gasteiger partial charge in [-0.15, -0.1) is 0 Å². The molecule has 1 aliphatic carbocycles. The van der Waals surface area contributed by atoms with Crippen LogP contribution in [0.1, 0.15) is 35.5 Å². The van der Waals surface area contributed by atoms with Crippen molar-refractivity contribution in [3.8, 4) is 6.07 Å². The summed E-state index contributed by atoms with van der Waals surface area (Å²) in [6.07, 6.45) is 4.55. The Labute approximate surface area is 155 Å². The van der Waals surface area contributed by atoms with Crippen LogP contribution in [0.5, 0.6) is 0 Å². The molecule has 1 aromatic carbocycles. The van der Waals surface area contributed by atoms with Crippen LogP contribution in [-0.2, 0) is 19.4 Å². The van der Waals surface area contributed by atoms with Crippen LogP contribution in [0.4, 0.5) is 5.82 Å². The topological polar surface area (TPSA) is 56.1 Å². The van der Waals surface area contributed by atoms with Gasteiger partial charge in [0.15, 0.2) is 0 Å². The number of hydrogen-bond donors (Lipinski definition) is 0. The second-order valence-corrected chi connectivity index (χ2v) is 7.27. The zero-order chi connectivity index (χ0) is 17.9. The summed E-state index contributed by atoms with van der Waals surface area (Å²) < 4.78 is 0. The van der Waals surface area contributed by atoms with E-state index >= 15 is 0 Å². The van der Waals surface area contributed by atoms with Crippen LogP contribution in [0.15, 0.2) is 30.3 Å². The van der Waals surface area contributed by atoms with Crippen LogP contribution in [0.3, 0.4) is 0 Å². The summed E-state index contributed by atoms with van der Waals surface area (Å²) in [6, 6.07) is 12.8. The van der Waals surface area contributed by atoms with Crippen LogP contribution in [0.25, 0.3) is 0 Å². The van der Waals surface area contributed by atoms with Crippen LogP contribution in [0.2, 0.25) is 0 Å². The van der Waals surface area contributed by atoms with Crippen molar-refractivity contribution in [2.45, 2.75) is 45.2 Å². The molecule has 2 aliphatic rings. The molecule has 1 unspecified atom stereocenters. The molecule has 5 nitrogen and oxygen atoms in total. The van der Waals surface area contributed by atoms with Crippen molar-refractivity contribution in [2.24, 2.45) is 0 Å². The molecular weight excluding hydrogens is 322 g/mol. The fraction of sp³-hybridized carbons (Fsp3) is 0.476. The second-order valence-electron chi connectivity index (χ2n) is 7.27. The molecule has 26 heavy (non-hydrogen) atoms. The Morgan fingerprint density at radius 1 is 1.12 bits per heavy atom. The van der Waals surface area contributed by atoms with E-state index in [9.17, 15) is 5.26 Å². The van der Waals surface area contributed by atoms with Crippen LogP contribution < -0.4 is 4.90 Å². The number of aryl methyl sites for hydroxylation is 2. The lowest BCUT2D eigenvalue weighted by atomic mass is 9.95. The highest BCUT2D eigenvalue weighted by molar-refractivity contribution is 5.51. The molecule has 0 amide bonds. The quantitative estimate of drug-likeness (QED) is 0.854. The molecule has 1 fully saturated rings. The predicted molar refractivity (Wildman–Crippen MR) is 102 cm³/mol. The van der Waals surface area contributed by atoms with E-state index in [1.807, 2.05) is 13.0 Å². The number of nitriles is 1. The van der Waals surface area contributed by atoms with Crippen LogP contribution >= 0.6 is 0 Å². The minimum atomic E-state index is -0.113. The molecule has 5 heteroatoms. The molecule has 1 aliphatic heterocycles. The van der Waals surface area contributed by atoms with E-state index in [0.717, 1.165) is 44.1 Å². The monoisotopic (exact) mass is 347 g/mol. The maximum absolute atomic E-state index is 9.75. The molecular formula is C21H25N5. The minimum Gasteiger partial charge on any atom is -0.352 e. The van der Waals surface area contributed by atoms with E-state index in [-0.39, 0.29) is 6.04 Å². The summed E-state index contributed by atoms with van der Waals surface area (Å²) in [5, 5.41) is 9.75. The van der Waals surface area contributed by atoms with E-state index in [0.29, 0.717) is 6.54 Å². The van der Waals surface area contributed by atoms with Gasteiger partial charge in [0.1, 0.15) is 17.7 Å². The number of nitrogens with zero attached hydrogens (tertiary/aromatic N) is 5. The average Bonchev–Trinajstić information content (AvgIpc) is 2.68. The highest BCUT2D eigenvalue weighted by Gasteiger charge is 2.30. The number of benzene rings is 1. The number of piperazine rings is 1. The Morgan fingerprint density at radius 2 is 1.92 bits per heavy atom. The lowest BCUT2D eigenvalue weighted by Crippen LogP contribution is -2.52. The summed E-state index contributed by atoms with van der Waals surface area (Å²) in [7, 11) is 0. The van der Waals surface area contributed by atoms with E-state index in [2.05, 4.69) is 45.1 Å². The van der Waals surface area contributed by atoms with Gasteiger partial charge in [-0.3, -0.25) is 4.90 Å². The number of rotatable bonds is 3. The van der Waals surface area contributed by atoms with Crippen LogP contribution in [-0.4, -0.2) is 40.5 Å². The van der Waals surface area contributed by atoms with E-state index < -0.39 is 0 Å². The standard InChI is InChI=1S/C21H25N5/c1-16-23-20-10-6-5-9-19(20)21(24-16)26-12-11-25(18(13-22)15-26)14-17-7-3-2-4-8-17/h2-4,7-8,18H,5-6,9-12,14-15H2,1H3. The van der Waals surface area contributed by atoms with Gasteiger partial charge in [0.25, 0.3) is 0 Å². The molecule has 1 aromatic heterocycles. The van der Waals surface area contributed by atoms with Crippen molar-refractivity contribution in [3.05, 3.63) is 53.0 Å². The Kier molecular flexibility index (Phi) is 4.85. The molecule has 134 valence electrons. The second kappa shape index (κ2) is 7.43. The summed E-state index contributed by atoms with van der Waals surface area (Å²) in [5.41, 5.74) is 3.80. The molecule has 2 heterocycles.